The number of primary amides is 1. The molecule has 21 heteroatoms. The normalized spacial score (nSPS) is 14.5. The van der Waals surface area contributed by atoms with Crippen molar-refractivity contribution < 1.29 is 48.6 Å². The number of carboxylic acids is 1. The van der Waals surface area contributed by atoms with Crippen LogP contribution in [0.1, 0.15) is 70.7 Å². The molecular weight excluding hydrogens is 873 g/mol. The van der Waals surface area contributed by atoms with E-state index in [0.29, 0.717) is 22.6 Å². The molecule has 20 nitrogen and oxygen atoms in total. The fourth-order valence-electron chi connectivity index (χ4n) is 6.74. The molecule has 1 aromatic heterocycles. The Morgan fingerprint density at radius 2 is 1.23 bits per heavy atom. The second kappa shape index (κ2) is 25.9. The summed E-state index contributed by atoms with van der Waals surface area (Å²) in [5.74, 6) is -6.60. The monoisotopic (exact) mass is 936 g/mol. The van der Waals surface area contributed by atoms with Crippen LogP contribution in [0.2, 0.25) is 0 Å². The Bertz CT molecular complexity index is 2100. The van der Waals surface area contributed by atoms with Crippen molar-refractivity contribution in [2.45, 2.75) is 115 Å². The average molecular weight is 937 g/mol. The van der Waals surface area contributed by atoms with Gasteiger partial charge in [-0.05, 0) is 65.9 Å². The third-order valence-corrected chi connectivity index (χ3v) is 10.9. The number of aromatic nitrogens is 2. The minimum atomic E-state index is -1.56. The third kappa shape index (κ3) is 18.2. The van der Waals surface area contributed by atoms with Crippen LogP contribution in [-0.2, 0) is 57.6 Å². The van der Waals surface area contributed by atoms with Crippen molar-refractivity contribution in [3.05, 3.63) is 83.9 Å². The van der Waals surface area contributed by atoms with E-state index >= 15 is 0 Å². The lowest BCUT2D eigenvalue weighted by Crippen LogP contribution is -2.62. The predicted octanol–water partition coefficient (Wildman–Crippen LogP) is 0.185. The highest BCUT2D eigenvalue weighted by Gasteiger charge is 2.38. The predicted molar refractivity (Wildman–Crippen MR) is 247 cm³/mol. The van der Waals surface area contributed by atoms with Crippen molar-refractivity contribution in [2.24, 2.45) is 22.8 Å². The zero-order valence-corrected chi connectivity index (χ0v) is 38.9. The number of carboxylic acid groups (broad SMARTS) is 1. The van der Waals surface area contributed by atoms with E-state index in [4.69, 9.17) is 11.5 Å². The van der Waals surface area contributed by atoms with Crippen LogP contribution >= 0.6 is 11.8 Å². The minimum Gasteiger partial charge on any atom is -0.508 e. The zero-order chi connectivity index (χ0) is 49.1. The van der Waals surface area contributed by atoms with Crippen LogP contribution in [0.15, 0.2) is 67.1 Å². The molecule has 1 heterocycles. The van der Waals surface area contributed by atoms with Gasteiger partial charge in [0.2, 0.25) is 41.4 Å². The number of benzene rings is 2. The van der Waals surface area contributed by atoms with Crippen LogP contribution in [-0.4, -0.2) is 122 Å². The number of hydrogen-bond acceptors (Lipinski definition) is 12. The molecular formula is C45H64N10O10S. The Morgan fingerprint density at radius 1 is 0.697 bits per heavy atom. The lowest BCUT2D eigenvalue weighted by Gasteiger charge is -2.33. The molecule has 0 saturated heterocycles. The number of phenolic OH excluding ortho intramolecular Hbond substituents is 1. The van der Waals surface area contributed by atoms with Crippen molar-refractivity contribution in [1.29, 1.82) is 0 Å². The molecule has 3 rings (SSSR count). The minimum absolute atomic E-state index is 0.0158. The van der Waals surface area contributed by atoms with Gasteiger partial charge >= 0.3 is 5.97 Å². The van der Waals surface area contributed by atoms with Gasteiger partial charge in [0.25, 0.3) is 0 Å². The van der Waals surface area contributed by atoms with Crippen LogP contribution in [0.3, 0.4) is 0 Å². The highest BCUT2D eigenvalue weighted by Crippen LogP contribution is 2.21. The number of aliphatic carboxylic acids is 1. The van der Waals surface area contributed by atoms with Crippen molar-refractivity contribution >= 4 is 59.1 Å². The second-order valence-corrected chi connectivity index (χ2v) is 18.5. The average Bonchev–Trinajstić information content (AvgIpc) is 3.76. The van der Waals surface area contributed by atoms with Crippen LogP contribution < -0.4 is 43.4 Å². The quantitative estimate of drug-likeness (QED) is 0.0513. The molecule has 0 bridgehead atoms. The summed E-state index contributed by atoms with van der Waals surface area (Å²) in [5, 5.41) is 34.8. The lowest BCUT2D eigenvalue weighted by atomic mass is 9.85. The number of imidazole rings is 1. The highest BCUT2D eigenvalue weighted by atomic mass is 32.2. The second-order valence-electron chi connectivity index (χ2n) is 17.5. The van der Waals surface area contributed by atoms with Gasteiger partial charge in [-0.25, -0.2) is 4.98 Å². The van der Waals surface area contributed by atoms with Crippen LogP contribution in [0, 0.1) is 11.3 Å². The number of hydrogen-bond donors (Lipinski definition) is 11. The molecule has 66 heavy (non-hydrogen) atoms. The van der Waals surface area contributed by atoms with Gasteiger partial charge in [0.15, 0.2) is 0 Å². The Hall–Kier alpha value is -6.48. The molecule has 0 aliphatic rings. The van der Waals surface area contributed by atoms with Crippen molar-refractivity contribution in [2.75, 3.05) is 12.0 Å². The SMILES string of the molecule is CSCC[C@@H](NC(=O)[C@@H](N)Cc1ccc(O)cc1)C(=O)N[C@@H](Cc1ccccc1)C(=O)N[C@@H](Cc1cnc[nH]1)C(=O)N[C@@H](CC(C)C)C(=O)N[C@H](C(=O)N[C@@H](CC(=O)O)C(N)=O)C(C)(C)C. The Morgan fingerprint density at radius 3 is 1.76 bits per heavy atom. The molecule has 0 spiro atoms. The summed E-state index contributed by atoms with van der Waals surface area (Å²) in [6, 6.07) is 6.12. The summed E-state index contributed by atoms with van der Waals surface area (Å²) in [6.45, 7) is 8.53. The van der Waals surface area contributed by atoms with Gasteiger partial charge in [-0.2, -0.15) is 11.8 Å². The first-order valence-corrected chi connectivity index (χ1v) is 22.8. The van der Waals surface area contributed by atoms with Gasteiger partial charge in [-0.3, -0.25) is 38.4 Å². The van der Waals surface area contributed by atoms with Crippen LogP contribution in [0.5, 0.6) is 5.75 Å². The van der Waals surface area contributed by atoms with Gasteiger partial charge in [0.1, 0.15) is 42.0 Å². The van der Waals surface area contributed by atoms with E-state index < -0.39 is 101 Å². The maximum Gasteiger partial charge on any atom is 0.305 e. The third-order valence-electron chi connectivity index (χ3n) is 10.3. The fourth-order valence-corrected chi connectivity index (χ4v) is 7.21. The number of nitrogens with two attached hydrogens (primary N) is 2. The maximum atomic E-state index is 14.4. The number of aromatic amines is 1. The molecule has 3 aromatic rings. The molecule has 13 N–H and O–H groups in total. The first-order chi connectivity index (χ1) is 31.1. The van der Waals surface area contributed by atoms with Crippen molar-refractivity contribution in [1.82, 2.24) is 41.9 Å². The van der Waals surface area contributed by atoms with E-state index in [1.807, 2.05) is 20.1 Å². The smallest absolute Gasteiger partial charge is 0.305 e. The lowest BCUT2D eigenvalue weighted by molar-refractivity contribution is -0.141. The Labute approximate surface area is 388 Å². The number of carbonyl (C=O) groups excluding carboxylic acids is 7. The summed E-state index contributed by atoms with van der Waals surface area (Å²) in [6.07, 6.45) is 4.15. The van der Waals surface area contributed by atoms with Gasteiger partial charge in [-0.15, -0.1) is 0 Å². The molecule has 0 radical (unpaired) electrons. The van der Waals surface area contributed by atoms with E-state index in [1.54, 1.807) is 63.2 Å². The molecule has 0 aliphatic carbocycles. The molecule has 360 valence electrons. The Balaban J connectivity index is 1.90. The van der Waals surface area contributed by atoms with E-state index in [1.165, 1.54) is 36.4 Å². The Kier molecular flexibility index (Phi) is 21.1. The molecule has 0 aliphatic heterocycles. The summed E-state index contributed by atoms with van der Waals surface area (Å²) < 4.78 is 0. The largest absolute Gasteiger partial charge is 0.508 e. The molecule has 7 atom stereocenters. The standard InChI is InChI=1S/C45H64N10O10S/c1-25(2)18-33(43(64)55-37(45(3,4)5)44(65)51-32(38(47)59)22-36(57)58)52-42(63)35(21-28-23-48-24-49-28)54-41(62)34(20-26-10-8-7-9-11-26)53-40(61)31(16-17-66-6)50-39(60)30(46)19-27-12-14-29(56)15-13-27/h7-15,23-25,30-35,37,56H,16-22,46H2,1-6H3,(H2,47,59)(H,48,49)(H,50,60)(H,51,65)(H,52,63)(H,53,61)(H,54,62)(H,55,64)(H,57,58)/t30-,31+,32-,33-,34-,35-,37+/m0/s1. The number of rotatable bonds is 26. The maximum absolute atomic E-state index is 14.4. The summed E-state index contributed by atoms with van der Waals surface area (Å²) >= 11 is 1.45. The number of thioether (sulfide) groups is 1. The van der Waals surface area contributed by atoms with Crippen LogP contribution in [0.4, 0.5) is 0 Å². The van der Waals surface area contributed by atoms with Gasteiger partial charge < -0.3 is 58.6 Å². The summed E-state index contributed by atoms with van der Waals surface area (Å²) in [7, 11) is 0. The number of nitrogens with zero attached hydrogens (tertiary/aromatic N) is 1. The molecule has 7 amide bonds. The first-order valence-electron chi connectivity index (χ1n) is 21.4. The zero-order valence-electron chi connectivity index (χ0n) is 38.1. The molecule has 0 fully saturated rings. The molecule has 0 saturated carbocycles. The first kappa shape index (κ1) is 53.9. The number of phenols is 1. The van der Waals surface area contributed by atoms with Gasteiger partial charge in [0, 0.05) is 24.7 Å². The van der Waals surface area contributed by atoms with E-state index in [0.717, 1.165) is 0 Å². The number of amides is 7. The van der Waals surface area contributed by atoms with Crippen molar-refractivity contribution in [3.63, 3.8) is 0 Å². The highest BCUT2D eigenvalue weighted by molar-refractivity contribution is 7.98. The van der Waals surface area contributed by atoms with E-state index in [2.05, 4.69) is 41.9 Å². The molecule has 0 unspecified atom stereocenters. The number of aromatic hydroxyl groups is 1. The number of nitrogens with one attached hydrogen (secondary N) is 7. The molecule has 2 aromatic carbocycles. The van der Waals surface area contributed by atoms with E-state index in [9.17, 15) is 48.6 Å². The summed E-state index contributed by atoms with van der Waals surface area (Å²) in [5.41, 5.74) is 12.4. The summed E-state index contributed by atoms with van der Waals surface area (Å²) in [4.78, 5) is 114. The van der Waals surface area contributed by atoms with Gasteiger partial charge in [-0.1, -0.05) is 77.1 Å². The number of H-pyrrole nitrogens is 1. The topological polar surface area (TPSA) is 330 Å². The van der Waals surface area contributed by atoms with Crippen LogP contribution in [0.25, 0.3) is 0 Å². The van der Waals surface area contributed by atoms with Gasteiger partial charge in [0.05, 0.1) is 18.8 Å². The fraction of sp³-hybridized carbons (Fsp3) is 0.489. The number of carbonyl (C=O) groups is 8. The van der Waals surface area contributed by atoms with Crippen molar-refractivity contribution in [3.8, 4) is 5.75 Å². The van der Waals surface area contributed by atoms with E-state index in [-0.39, 0.29) is 43.8 Å².